The molecule has 11 heteroatoms. The third-order valence-corrected chi connectivity index (χ3v) is 6.47. The Kier molecular flexibility index (Phi) is 6.70. The zero-order chi connectivity index (χ0) is 24.2. The number of aromatic nitrogens is 1. The largest absolute Gasteiger partial charge is 0.467 e. The van der Waals surface area contributed by atoms with Crippen LogP contribution in [0.4, 0.5) is 16.5 Å². The summed E-state index contributed by atoms with van der Waals surface area (Å²) in [4.78, 5) is 30.2. The molecule has 2 aliphatic rings. The molecule has 3 heterocycles. The van der Waals surface area contributed by atoms with Gasteiger partial charge < -0.3 is 24.4 Å². The molecule has 180 valence electrons. The number of hydrogen-bond donors (Lipinski definition) is 1. The molecule has 1 amide bonds. The highest BCUT2D eigenvalue weighted by Crippen LogP contribution is 2.33. The SMILES string of the molecule is O=C(/C=C/c1cc([N+](=O)[O-])cc2c1OCOC2)Nc1ccc(-c2csc(N3CCOCC3)n2)cc1. The highest BCUT2D eigenvalue weighted by atomic mass is 32.1. The highest BCUT2D eigenvalue weighted by molar-refractivity contribution is 7.14. The first-order valence-electron chi connectivity index (χ1n) is 11.0. The van der Waals surface area contributed by atoms with Crippen LogP contribution in [0, 0.1) is 10.1 Å². The van der Waals surface area contributed by atoms with E-state index in [0.29, 0.717) is 35.8 Å². The maximum atomic E-state index is 12.5. The number of nitro groups is 1. The highest BCUT2D eigenvalue weighted by Gasteiger charge is 2.20. The van der Waals surface area contributed by atoms with Crippen molar-refractivity contribution >= 4 is 39.8 Å². The van der Waals surface area contributed by atoms with Gasteiger partial charge in [-0.15, -0.1) is 11.3 Å². The lowest BCUT2D eigenvalue weighted by molar-refractivity contribution is -0.385. The molecule has 0 atom stereocenters. The van der Waals surface area contributed by atoms with Crippen LogP contribution >= 0.6 is 11.3 Å². The molecule has 1 fully saturated rings. The van der Waals surface area contributed by atoms with E-state index < -0.39 is 4.92 Å². The van der Waals surface area contributed by atoms with E-state index in [1.165, 1.54) is 24.3 Å². The van der Waals surface area contributed by atoms with Crippen LogP contribution in [0.25, 0.3) is 17.3 Å². The number of benzene rings is 2. The minimum Gasteiger partial charge on any atom is -0.467 e. The monoisotopic (exact) mass is 494 g/mol. The van der Waals surface area contributed by atoms with Crippen LogP contribution in [0.2, 0.25) is 0 Å². The molecule has 0 radical (unpaired) electrons. The van der Waals surface area contributed by atoms with E-state index >= 15 is 0 Å². The number of rotatable bonds is 6. The number of anilines is 2. The van der Waals surface area contributed by atoms with Crippen LogP contribution in [-0.4, -0.2) is 48.9 Å². The van der Waals surface area contributed by atoms with Crippen LogP contribution in [0.5, 0.6) is 5.75 Å². The number of fused-ring (bicyclic) bond motifs is 1. The number of carbonyl (C=O) groups is 1. The van der Waals surface area contributed by atoms with Gasteiger partial charge in [0.1, 0.15) is 5.75 Å². The Hall–Kier alpha value is -3.80. The molecule has 0 aliphatic carbocycles. The van der Waals surface area contributed by atoms with Crippen LogP contribution in [0.15, 0.2) is 47.9 Å². The fraction of sp³-hybridized carbons (Fsp3) is 0.250. The second-order valence-corrected chi connectivity index (χ2v) is 8.74. The van der Waals surface area contributed by atoms with E-state index in [1.807, 2.05) is 29.6 Å². The number of thiazole rings is 1. The van der Waals surface area contributed by atoms with Gasteiger partial charge in [-0.3, -0.25) is 14.9 Å². The van der Waals surface area contributed by atoms with E-state index in [1.54, 1.807) is 11.3 Å². The van der Waals surface area contributed by atoms with Crippen molar-refractivity contribution in [2.75, 3.05) is 43.3 Å². The number of nitrogens with one attached hydrogen (secondary N) is 1. The van der Waals surface area contributed by atoms with Gasteiger partial charge in [0.15, 0.2) is 11.9 Å². The van der Waals surface area contributed by atoms with Crippen LogP contribution in [-0.2, 0) is 20.9 Å². The number of hydrogen-bond acceptors (Lipinski definition) is 9. The minimum absolute atomic E-state index is 0.0527. The van der Waals surface area contributed by atoms with Crippen molar-refractivity contribution in [2.24, 2.45) is 0 Å². The van der Waals surface area contributed by atoms with Gasteiger partial charge >= 0.3 is 0 Å². The summed E-state index contributed by atoms with van der Waals surface area (Å²) < 4.78 is 16.1. The molecule has 0 saturated carbocycles. The molecule has 1 saturated heterocycles. The number of morpholine rings is 1. The van der Waals surface area contributed by atoms with Crippen LogP contribution in [0.1, 0.15) is 11.1 Å². The fourth-order valence-electron chi connectivity index (χ4n) is 3.83. The summed E-state index contributed by atoms with van der Waals surface area (Å²) >= 11 is 1.60. The zero-order valence-electron chi connectivity index (χ0n) is 18.6. The number of nitro benzene ring substituents is 1. The summed E-state index contributed by atoms with van der Waals surface area (Å²) in [6, 6.07) is 10.2. The first kappa shape index (κ1) is 23.0. The lowest BCUT2D eigenvalue weighted by atomic mass is 10.1. The number of ether oxygens (including phenoxy) is 3. The van der Waals surface area contributed by atoms with Crippen LogP contribution in [0.3, 0.4) is 0 Å². The molecule has 2 aromatic carbocycles. The molecule has 0 unspecified atom stereocenters. The Morgan fingerprint density at radius 3 is 2.74 bits per heavy atom. The predicted octanol–water partition coefficient (Wildman–Crippen LogP) is 4.07. The van der Waals surface area contributed by atoms with E-state index in [2.05, 4.69) is 10.2 Å². The lowest BCUT2D eigenvalue weighted by Crippen LogP contribution is -2.36. The van der Waals surface area contributed by atoms with Gasteiger partial charge in [-0.2, -0.15) is 0 Å². The van der Waals surface area contributed by atoms with Crippen molar-refractivity contribution in [1.29, 1.82) is 0 Å². The lowest BCUT2D eigenvalue weighted by Gasteiger charge is -2.26. The molecular weight excluding hydrogens is 472 g/mol. The molecule has 3 aromatic rings. The summed E-state index contributed by atoms with van der Waals surface area (Å²) in [5.74, 6) is 0.114. The molecule has 35 heavy (non-hydrogen) atoms. The third-order valence-electron chi connectivity index (χ3n) is 5.57. The van der Waals surface area contributed by atoms with Gasteiger partial charge in [0, 0.05) is 59.1 Å². The van der Waals surface area contributed by atoms with Crippen molar-refractivity contribution in [3.8, 4) is 17.0 Å². The Balaban J connectivity index is 1.25. The second-order valence-electron chi connectivity index (χ2n) is 7.91. The van der Waals surface area contributed by atoms with Gasteiger partial charge in [-0.05, 0) is 18.2 Å². The van der Waals surface area contributed by atoms with Gasteiger partial charge in [-0.1, -0.05) is 12.1 Å². The fourth-order valence-corrected chi connectivity index (χ4v) is 4.72. The van der Waals surface area contributed by atoms with Crippen molar-refractivity contribution in [1.82, 2.24) is 4.98 Å². The molecule has 1 N–H and O–H groups in total. The number of amides is 1. The average molecular weight is 495 g/mol. The molecular formula is C24H22N4O6S. The van der Waals surface area contributed by atoms with Gasteiger partial charge in [-0.25, -0.2) is 4.98 Å². The summed E-state index contributed by atoms with van der Waals surface area (Å²) in [6.07, 6.45) is 2.82. The zero-order valence-corrected chi connectivity index (χ0v) is 19.5. The van der Waals surface area contributed by atoms with Crippen molar-refractivity contribution in [3.05, 3.63) is 69.1 Å². The van der Waals surface area contributed by atoms with E-state index in [9.17, 15) is 14.9 Å². The molecule has 2 aliphatic heterocycles. The smallest absolute Gasteiger partial charge is 0.270 e. The van der Waals surface area contributed by atoms with E-state index in [-0.39, 0.29) is 25.0 Å². The minimum atomic E-state index is -0.486. The third kappa shape index (κ3) is 5.32. The number of non-ortho nitro benzene ring substituents is 1. The Morgan fingerprint density at radius 2 is 1.97 bits per heavy atom. The Labute approximate surface area is 204 Å². The summed E-state index contributed by atoms with van der Waals surface area (Å²) in [5, 5.41) is 17.0. The Bertz CT molecular complexity index is 1270. The molecule has 0 bridgehead atoms. The summed E-state index contributed by atoms with van der Waals surface area (Å²) in [6.45, 7) is 3.36. The van der Waals surface area contributed by atoms with Crippen molar-refractivity contribution in [3.63, 3.8) is 0 Å². The van der Waals surface area contributed by atoms with E-state index in [4.69, 9.17) is 19.2 Å². The van der Waals surface area contributed by atoms with Crippen LogP contribution < -0.4 is 15.0 Å². The summed E-state index contributed by atoms with van der Waals surface area (Å²) in [5.41, 5.74) is 3.39. The summed E-state index contributed by atoms with van der Waals surface area (Å²) in [7, 11) is 0. The molecule has 10 nitrogen and oxygen atoms in total. The maximum absolute atomic E-state index is 12.5. The first-order valence-corrected chi connectivity index (χ1v) is 11.8. The van der Waals surface area contributed by atoms with Gasteiger partial charge in [0.2, 0.25) is 5.91 Å². The second kappa shape index (κ2) is 10.2. The maximum Gasteiger partial charge on any atom is 0.270 e. The standard InChI is InChI=1S/C24H22N4O6S/c29-22(6-3-17-11-20(28(30)31)12-18-13-33-15-34-23(17)18)25-19-4-1-16(2-5-19)21-14-35-24(26-21)27-7-9-32-10-8-27/h1-6,11-12,14H,7-10,13,15H2,(H,25,29)/b6-3+. The number of carbonyl (C=O) groups excluding carboxylic acids is 1. The normalized spacial score (nSPS) is 15.5. The topological polar surface area (TPSA) is 116 Å². The predicted molar refractivity (Wildman–Crippen MR) is 132 cm³/mol. The van der Waals surface area contributed by atoms with Gasteiger partial charge in [0.05, 0.1) is 30.4 Å². The first-order chi connectivity index (χ1) is 17.1. The van der Waals surface area contributed by atoms with Crippen molar-refractivity contribution < 1.29 is 23.9 Å². The Morgan fingerprint density at radius 1 is 1.17 bits per heavy atom. The van der Waals surface area contributed by atoms with E-state index in [0.717, 1.165) is 29.5 Å². The molecule has 0 spiro atoms. The number of nitrogens with zero attached hydrogens (tertiary/aromatic N) is 3. The quantitative estimate of drug-likeness (QED) is 0.310. The molecule has 5 rings (SSSR count). The molecule has 1 aromatic heterocycles. The average Bonchev–Trinajstić information content (AvgIpc) is 3.38. The van der Waals surface area contributed by atoms with Crippen molar-refractivity contribution in [2.45, 2.75) is 6.61 Å². The van der Waals surface area contributed by atoms with Gasteiger partial charge in [0.25, 0.3) is 5.69 Å².